The average Bonchev–Trinajstić information content (AvgIpc) is 3.36. The van der Waals surface area contributed by atoms with Crippen LogP contribution < -0.4 is 10.7 Å². The molecule has 1 amide bonds. The van der Waals surface area contributed by atoms with E-state index in [0.29, 0.717) is 9.90 Å². The second-order valence-corrected chi connectivity index (χ2v) is 8.19. The van der Waals surface area contributed by atoms with Crippen molar-refractivity contribution in [2.45, 2.75) is 12.7 Å². The van der Waals surface area contributed by atoms with Gasteiger partial charge in [-0.15, -0.1) is 11.3 Å². The fourth-order valence-corrected chi connectivity index (χ4v) is 4.03. The second kappa shape index (κ2) is 7.66. The van der Waals surface area contributed by atoms with E-state index >= 15 is 0 Å². The van der Waals surface area contributed by atoms with Crippen molar-refractivity contribution in [2.75, 3.05) is 0 Å². The first-order chi connectivity index (χ1) is 14.2. The van der Waals surface area contributed by atoms with Gasteiger partial charge in [0, 0.05) is 21.9 Å². The number of rotatable bonds is 4. The lowest BCUT2D eigenvalue weighted by Crippen LogP contribution is -2.25. The third-order valence-corrected chi connectivity index (χ3v) is 5.63. The summed E-state index contributed by atoms with van der Waals surface area (Å²) in [5.74, 6) is -0.703. The Labute approximate surface area is 176 Å². The van der Waals surface area contributed by atoms with Crippen LogP contribution in [-0.2, 0) is 12.7 Å². The monoisotopic (exact) mass is 452 g/mol. The molecule has 3 heterocycles. The zero-order valence-corrected chi connectivity index (χ0v) is 16.5. The highest BCUT2D eigenvalue weighted by Gasteiger charge is 2.34. The molecule has 3 aromatic heterocycles. The number of furan rings is 1. The topological polar surface area (TPSA) is 75.1 Å². The maximum Gasteiger partial charge on any atom is 0.418 e. The number of H-pyrrole nitrogens is 1. The van der Waals surface area contributed by atoms with Crippen molar-refractivity contribution in [1.29, 1.82) is 0 Å². The molecule has 5 nitrogen and oxygen atoms in total. The molecule has 0 aliphatic carbocycles. The van der Waals surface area contributed by atoms with Crippen molar-refractivity contribution in [3.05, 3.63) is 79.6 Å². The highest BCUT2D eigenvalue weighted by molar-refractivity contribution is 7.16. The standard InChI is InChI=1S/C20H12ClF3N2O3S/c21-17-2-1-12(30-17)8-25-19(28)15-7-16(27)13-5-11(10-3-4-29-9-10)6-14(18(13)26-15)20(22,23)24/h1-7,9H,8H2,(H,25,28)(H,26,27). The van der Waals surface area contributed by atoms with Crippen LogP contribution in [0.2, 0.25) is 4.34 Å². The highest BCUT2D eigenvalue weighted by Crippen LogP contribution is 2.36. The molecular weight excluding hydrogens is 441 g/mol. The second-order valence-electron chi connectivity index (χ2n) is 6.39. The minimum atomic E-state index is -4.75. The van der Waals surface area contributed by atoms with Crippen LogP contribution in [0.3, 0.4) is 0 Å². The maximum atomic E-state index is 13.7. The third-order valence-electron chi connectivity index (χ3n) is 4.40. The number of fused-ring (bicyclic) bond motifs is 1. The smallest absolute Gasteiger partial charge is 0.418 e. The molecule has 0 unspecified atom stereocenters. The Balaban J connectivity index is 1.77. The van der Waals surface area contributed by atoms with Crippen molar-refractivity contribution in [3.63, 3.8) is 0 Å². The highest BCUT2D eigenvalue weighted by atomic mass is 35.5. The first-order valence-electron chi connectivity index (χ1n) is 8.55. The molecule has 4 aromatic rings. The van der Waals surface area contributed by atoms with Crippen molar-refractivity contribution >= 4 is 39.7 Å². The number of hydrogen-bond acceptors (Lipinski definition) is 4. The van der Waals surface area contributed by atoms with Crippen molar-refractivity contribution < 1.29 is 22.4 Å². The van der Waals surface area contributed by atoms with E-state index in [-0.39, 0.29) is 23.2 Å². The number of aromatic amines is 1. The van der Waals surface area contributed by atoms with Gasteiger partial charge in [-0.3, -0.25) is 9.59 Å². The summed E-state index contributed by atoms with van der Waals surface area (Å²) < 4.78 is 46.6. The Morgan fingerprint density at radius 2 is 1.97 bits per heavy atom. The number of carbonyl (C=O) groups is 1. The zero-order chi connectivity index (χ0) is 21.5. The Hall–Kier alpha value is -3.04. The summed E-state index contributed by atoms with van der Waals surface area (Å²) in [6, 6.07) is 8.11. The molecule has 0 aliphatic rings. The molecule has 30 heavy (non-hydrogen) atoms. The minimum Gasteiger partial charge on any atom is -0.472 e. The maximum absolute atomic E-state index is 13.7. The summed E-state index contributed by atoms with van der Waals surface area (Å²) in [6.45, 7) is 0.127. The predicted molar refractivity (Wildman–Crippen MR) is 108 cm³/mol. The minimum absolute atomic E-state index is 0.127. The van der Waals surface area contributed by atoms with E-state index < -0.39 is 28.6 Å². The first kappa shape index (κ1) is 20.2. The summed E-state index contributed by atoms with van der Waals surface area (Å²) in [5, 5.41) is 2.38. The molecule has 0 spiro atoms. The zero-order valence-electron chi connectivity index (χ0n) is 15.0. The van der Waals surface area contributed by atoms with Crippen LogP contribution in [0.15, 0.2) is 58.1 Å². The number of amides is 1. The van der Waals surface area contributed by atoms with E-state index in [0.717, 1.165) is 17.0 Å². The van der Waals surface area contributed by atoms with Crippen LogP contribution >= 0.6 is 22.9 Å². The van der Waals surface area contributed by atoms with Crippen LogP contribution in [0.5, 0.6) is 0 Å². The van der Waals surface area contributed by atoms with Gasteiger partial charge in [0.2, 0.25) is 0 Å². The number of carbonyl (C=O) groups excluding carboxylic acids is 1. The molecule has 2 N–H and O–H groups in total. The Morgan fingerprint density at radius 3 is 2.60 bits per heavy atom. The molecule has 154 valence electrons. The lowest BCUT2D eigenvalue weighted by atomic mass is 10.0. The number of aromatic nitrogens is 1. The number of pyridine rings is 1. The van der Waals surface area contributed by atoms with Gasteiger partial charge in [-0.05, 0) is 35.9 Å². The van der Waals surface area contributed by atoms with Crippen LogP contribution in [0.25, 0.3) is 22.0 Å². The Kier molecular flexibility index (Phi) is 5.17. The summed E-state index contributed by atoms with van der Waals surface area (Å²) in [4.78, 5) is 28.2. The van der Waals surface area contributed by atoms with Gasteiger partial charge < -0.3 is 14.7 Å². The SMILES string of the molecule is O=C(NCc1ccc(Cl)s1)c1cc(=O)c2cc(-c3ccoc3)cc(C(F)(F)F)c2[nH]1. The van der Waals surface area contributed by atoms with Gasteiger partial charge in [0.05, 0.1) is 34.5 Å². The molecule has 0 radical (unpaired) electrons. The van der Waals surface area contributed by atoms with Crippen LogP contribution in [-0.4, -0.2) is 10.9 Å². The number of alkyl halides is 3. The molecule has 0 fully saturated rings. The Bertz CT molecular complexity index is 1290. The Morgan fingerprint density at radius 1 is 1.17 bits per heavy atom. The lowest BCUT2D eigenvalue weighted by Gasteiger charge is -2.13. The van der Waals surface area contributed by atoms with E-state index in [1.54, 1.807) is 12.1 Å². The van der Waals surface area contributed by atoms with Gasteiger partial charge in [0.25, 0.3) is 5.91 Å². The molecule has 4 rings (SSSR count). The molecular formula is C20H12ClF3N2O3S. The van der Waals surface area contributed by atoms with E-state index in [9.17, 15) is 22.8 Å². The van der Waals surface area contributed by atoms with Crippen molar-refractivity contribution in [1.82, 2.24) is 10.3 Å². The lowest BCUT2D eigenvalue weighted by molar-refractivity contribution is -0.136. The van der Waals surface area contributed by atoms with Crippen LogP contribution in [0.1, 0.15) is 20.9 Å². The molecule has 0 bridgehead atoms. The molecule has 0 atom stereocenters. The average molecular weight is 453 g/mol. The summed E-state index contributed by atoms with van der Waals surface area (Å²) in [6.07, 6.45) is -2.14. The quantitative estimate of drug-likeness (QED) is 0.432. The predicted octanol–water partition coefficient (Wildman–Crippen LogP) is 5.45. The van der Waals surface area contributed by atoms with Crippen LogP contribution in [0.4, 0.5) is 13.2 Å². The van der Waals surface area contributed by atoms with E-state index in [2.05, 4.69) is 10.3 Å². The van der Waals surface area contributed by atoms with E-state index in [4.69, 9.17) is 16.0 Å². The van der Waals surface area contributed by atoms with Gasteiger partial charge in [-0.1, -0.05) is 11.6 Å². The van der Waals surface area contributed by atoms with Gasteiger partial charge in [-0.2, -0.15) is 13.2 Å². The van der Waals surface area contributed by atoms with Crippen molar-refractivity contribution in [3.8, 4) is 11.1 Å². The summed E-state index contributed by atoms with van der Waals surface area (Å²) in [5.41, 5.74) is -1.89. The van der Waals surface area contributed by atoms with Gasteiger partial charge in [0.1, 0.15) is 5.69 Å². The summed E-state index contributed by atoms with van der Waals surface area (Å²) in [7, 11) is 0. The normalized spacial score (nSPS) is 11.7. The fourth-order valence-electron chi connectivity index (χ4n) is 3.00. The fraction of sp³-hybridized carbons (Fsp3) is 0.100. The van der Waals surface area contributed by atoms with E-state index in [1.165, 1.54) is 36.0 Å². The molecule has 1 aromatic carbocycles. The number of nitrogens with one attached hydrogen (secondary N) is 2. The third kappa shape index (κ3) is 3.99. The van der Waals surface area contributed by atoms with Crippen molar-refractivity contribution in [2.24, 2.45) is 0 Å². The largest absolute Gasteiger partial charge is 0.472 e. The summed E-state index contributed by atoms with van der Waals surface area (Å²) >= 11 is 7.09. The number of thiophene rings is 1. The van der Waals surface area contributed by atoms with Gasteiger partial charge >= 0.3 is 6.18 Å². The van der Waals surface area contributed by atoms with Gasteiger partial charge in [0.15, 0.2) is 5.43 Å². The first-order valence-corrected chi connectivity index (χ1v) is 9.75. The number of benzene rings is 1. The number of hydrogen-bond donors (Lipinski definition) is 2. The molecule has 0 saturated heterocycles. The molecule has 0 saturated carbocycles. The molecule has 0 aliphatic heterocycles. The molecule has 10 heteroatoms. The number of halogens is 4. The van der Waals surface area contributed by atoms with E-state index in [1.807, 2.05) is 0 Å². The van der Waals surface area contributed by atoms with Crippen LogP contribution in [0, 0.1) is 0 Å². The van der Waals surface area contributed by atoms with Gasteiger partial charge in [-0.25, -0.2) is 0 Å².